The Hall–Kier alpha value is -1.84. The van der Waals surface area contributed by atoms with Gasteiger partial charge in [-0.2, -0.15) is 0 Å². The number of hydrogen-bond acceptors (Lipinski definition) is 2. The minimum Gasteiger partial charge on any atom is -0.349 e. The molecule has 0 spiro atoms. The van der Waals surface area contributed by atoms with Gasteiger partial charge in [-0.3, -0.25) is 4.79 Å². The number of nitrogens with one attached hydrogen (secondary N) is 1. The van der Waals surface area contributed by atoms with E-state index < -0.39 is 0 Å². The molecule has 1 amide bonds. The highest BCUT2D eigenvalue weighted by molar-refractivity contribution is 5.94. The van der Waals surface area contributed by atoms with E-state index in [2.05, 4.69) is 10.3 Å². The van der Waals surface area contributed by atoms with E-state index in [4.69, 9.17) is 0 Å². The predicted molar refractivity (Wildman–Crippen MR) is 78.9 cm³/mol. The van der Waals surface area contributed by atoms with Crippen LogP contribution in [0, 0.1) is 6.92 Å². The Morgan fingerprint density at radius 3 is 2.70 bits per heavy atom. The summed E-state index contributed by atoms with van der Waals surface area (Å²) in [6.45, 7) is 1.96. The summed E-state index contributed by atoms with van der Waals surface area (Å²) < 4.78 is 1.91. The number of aromatic nitrogens is 2. The molecule has 0 aromatic carbocycles. The van der Waals surface area contributed by atoms with E-state index in [1.165, 1.54) is 25.7 Å². The standard InChI is InChI=1S/C16H21N3O/c1-12-10-19-11-13(8-9-15(19)17-12)16(20)18-14-6-4-2-3-5-7-14/h8-11,14H,2-7H2,1H3,(H,18,20). The Labute approximate surface area is 119 Å². The lowest BCUT2D eigenvalue weighted by atomic mass is 10.1. The maximum atomic E-state index is 12.3. The van der Waals surface area contributed by atoms with Gasteiger partial charge in [-0.1, -0.05) is 25.7 Å². The molecule has 0 bridgehead atoms. The van der Waals surface area contributed by atoms with Crippen LogP contribution in [-0.2, 0) is 0 Å². The lowest BCUT2D eigenvalue weighted by Gasteiger charge is -2.16. The number of nitrogens with zero attached hydrogens (tertiary/aromatic N) is 2. The van der Waals surface area contributed by atoms with E-state index in [1.54, 1.807) is 0 Å². The maximum absolute atomic E-state index is 12.3. The van der Waals surface area contributed by atoms with Gasteiger partial charge in [0, 0.05) is 18.4 Å². The predicted octanol–water partition coefficient (Wildman–Crippen LogP) is 3.10. The third kappa shape index (κ3) is 2.84. The van der Waals surface area contributed by atoms with Crippen molar-refractivity contribution in [3.63, 3.8) is 0 Å². The van der Waals surface area contributed by atoms with Gasteiger partial charge in [0.25, 0.3) is 5.91 Å². The van der Waals surface area contributed by atoms with Gasteiger partial charge >= 0.3 is 0 Å². The number of carbonyl (C=O) groups excluding carboxylic acids is 1. The monoisotopic (exact) mass is 271 g/mol. The molecule has 1 N–H and O–H groups in total. The smallest absolute Gasteiger partial charge is 0.252 e. The molecular weight excluding hydrogens is 250 g/mol. The largest absolute Gasteiger partial charge is 0.349 e. The molecular formula is C16H21N3O. The van der Waals surface area contributed by atoms with E-state index >= 15 is 0 Å². The third-order valence-electron chi connectivity index (χ3n) is 4.02. The molecule has 2 aromatic rings. The molecule has 0 radical (unpaired) electrons. The zero-order valence-electron chi connectivity index (χ0n) is 11.9. The van der Waals surface area contributed by atoms with Crippen LogP contribution in [0.3, 0.4) is 0 Å². The lowest BCUT2D eigenvalue weighted by Crippen LogP contribution is -2.34. The van der Waals surface area contributed by atoms with Gasteiger partial charge in [-0.15, -0.1) is 0 Å². The van der Waals surface area contributed by atoms with Crippen LogP contribution in [-0.4, -0.2) is 21.3 Å². The highest BCUT2D eigenvalue weighted by atomic mass is 16.1. The average molecular weight is 271 g/mol. The first-order chi connectivity index (χ1) is 9.72. The van der Waals surface area contributed by atoms with Crippen LogP contribution in [0.5, 0.6) is 0 Å². The van der Waals surface area contributed by atoms with Crippen LogP contribution in [0.2, 0.25) is 0 Å². The van der Waals surface area contributed by atoms with Gasteiger partial charge in [-0.25, -0.2) is 4.98 Å². The van der Waals surface area contributed by atoms with Crippen molar-refractivity contribution in [2.75, 3.05) is 0 Å². The molecule has 0 atom stereocenters. The molecule has 20 heavy (non-hydrogen) atoms. The van der Waals surface area contributed by atoms with Crippen molar-refractivity contribution in [3.05, 3.63) is 35.8 Å². The molecule has 2 aromatic heterocycles. The number of imidazole rings is 1. The number of pyridine rings is 1. The van der Waals surface area contributed by atoms with Crippen LogP contribution in [0.4, 0.5) is 0 Å². The van der Waals surface area contributed by atoms with E-state index in [0.717, 1.165) is 24.2 Å². The second-order valence-electron chi connectivity index (χ2n) is 5.73. The first-order valence-corrected chi connectivity index (χ1v) is 7.48. The van der Waals surface area contributed by atoms with Crippen LogP contribution < -0.4 is 5.32 Å². The fourth-order valence-corrected chi connectivity index (χ4v) is 2.95. The molecule has 4 heteroatoms. The highest BCUT2D eigenvalue weighted by Crippen LogP contribution is 2.17. The van der Waals surface area contributed by atoms with Crippen LogP contribution >= 0.6 is 0 Å². The SMILES string of the molecule is Cc1cn2cc(C(=O)NC3CCCCCC3)ccc2n1. The van der Waals surface area contributed by atoms with E-state index in [-0.39, 0.29) is 5.91 Å². The quantitative estimate of drug-likeness (QED) is 0.853. The molecule has 0 aliphatic heterocycles. The summed E-state index contributed by atoms with van der Waals surface area (Å²) in [5.74, 6) is 0.0325. The number of aryl methyl sites for hydroxylation is 1. The molecule has 0 unspecified atom stereocenters. The number of rotatable bonds is 2. The first kappa shape index (κ1) is 13.2. The maximum Gasteiger partial charge on any atom is 0.252 e. The van der Waals surface area contributed by atoms with E-state index in [1.807, 2.05) is 35.9 Å². The average Bonchev–Trinajstić information content (AvgIpc) is 2.62. The lowest BCUT2D eigenvalue weighted by molar-refractivity contribution is 0.0933. The second kappa shape index (κ2) is 5.65. The van der Waals surface area contributed by atoms with Crippen LogP contribution in [0.25, 0.3) is 5.65 Å². The Balaban J connectivity index is 1.74. The summed E-state index contributed by atoms with van der Waals surface area (Å²) in [4.78, 5) is 16.7. The first-order valence-electron chi connectivity index (χ1n) is 7.48. The van der Waals surface area contributed by atoms with Gasteiger partial charge in [-0.05, 0) is 31.9 Å². The normalized spacial score (nSPS) is 17.1. The fraction of sp³-hybridized carbons (Fsp3) is 0.500. The molecule has 1 aliphatic carbocycles. The van der Waals surface area contributed by atoms with Crippen molar-refractivity contribution in [2.24, 2.45) is 0 Å². The Morgan fingerprint density at radius 2 is 1.95 bits per heavy atom. The fourth-order valence-electron chi connectivity index (χ4n) is 2.95. The number of carbonyl (C=O) groups is 1. The van der Waals surface area contributed by atoms with Crippen molar-refractivity contribution in [2.45, 2.75) is 51.5 Å². The van der Waals surface area contributed by atoms with Crippen molar-refractivity contribution < 1.29 is 4.79 Å². The van der Waals surface area contributed by atoms with E-state index in [0.29, 0.717) is 11.6 Å². The van der Waals surface area contributed by atoms with Gasteiger partial charge in [0.1, 0.15) is 5.65 Å². The zero-order valence-corrected chi connectivity index (χ0v) is 11.9. The number of amides is 1. The van der Waals surface area contributed by atoms with E-state index in [9.17, 15) is 4.79 Å². The summed E-state index contributed by atoms with van der Waals surface area (Å²) in [5, 5.41) is 3.17. The minimum absolute atomic E-state index is 0.0325. The highest BCUT2D eigenvalue weighted by Gasteiger charge is 2.16. The summed E-state index contributed by atoms with van der Waals surface area (Å²) in [6, 6.07) is 4.09. The summed E-state index contributed by atoms with van der Waals surface area (Å²) in [5.41, 5.74) is 2.55. The number of hydrogen-bond donors (Lipinski definition) is 1. The second-order valence-corrected chi connectivity index (χ2v) is 5.73. The van der Waals surface area contributed by atoms with Crippen LogP contribution in [0.1, 0.15) is 54.6 Å². The number of fused-ring (bicyclic) bond motifs is 1. The van der Waals surface area contributed by atoms with Gasteiger partial charge in [0.05, 0.1) is 11.3 Å². The molecule has 4 nitrogen and oxygen atoms in total. The van der Waals surface area contributed by atoms with Crippen LogP contribution in [0.15, 0.2) is 24.5 Å². The third-order valence-corrected chi connectivity index (χ3v) is 4.02. The van der Waals surface area contributed by atoms with Crippen molar-refractivity contribution in [1.29, 1.82) is 0 Å². The summed E-state index contributed by atoms with van der Waals surface area (Å²) in [6.07, 6.45) is 11.1. The molecule has 3 rings (SSSR count). The van der Waals surface area contributed by atoms with Gasteiger partial charge in [0.2, 0.25) is 0 Å². The molecule has 106 valence electrons. The Kier molecular flexibility index (Phi) is 3.72. The Morgan fingerprint density at radius 1 is 1.20 bits per heavy atom. The van der Waals surface area contributed by atoms with Crippen molar-refractivity contribution in [3.8, 4) is 0 Å². The molecule has 1 fully saturated rings. The van der Waals surface area contributed by atoms with Crippen molar-refractivity contribution in [1.82, 2.24) is 14.7 Å². The summed E-state index contributed by atoms with van der Waals surface area (Å²) >= 11 is 0. The van der Waals surface area contributed by atoms with Gasteiger partial charge in [0.15, 0.2) is 0 Å². The molecule has 1 saturated carbocycles. The minimum atomic E-state index is 0.0325. The zero-order chi connectivity index (χ0) is 13.9. The molecule has 2 heterocycles. The molecule has 0 saturated heterocycles. The summed E-state index contributed by atoms with van der Waals surface area (Å²) in [7, 11) is 0. The Bertz CT molecular complexity index is 609. The van der Waals surface area contributed by atoms with Crippen molar-refractivity contribution >= 4 is 11.6 Å². The van der Waals surface area contributed by atoms with Gasteiger partial charge < -0.3 is 9.72 Å². The topological polar surface area (TPSA) is 46.4 Å². The molecule has 1 aliphatic rings.